The highest BCUT2D eigenvalue weighted by atomic mass is 16.6. The number of benzene rings is 1. The fourth-order valence-electron chi connectivity index (χ4n) is 2.15. The molecule has 0 unspecified atom stereocenters. The SMILES string of the molecule is CCCN1C[C@@H](C(=O)OCC)Oc2ccccc21. The van der Waals surface area contributed by atoms with Gasteiger partial charge in [0.1, 0.15) is 5.75 Å². The van der Waals surface area contributed by atoms with E-state index in [1.54, 1.807) is 6.92 Å². The fraction of sp³-hybridized carbons (Fsp3) is 0.500. The minimum atomic E-state index is -0.522. The Labute approximate surface area is 107 Å². The van der Waals surface area contributed by atoms with Crippen molar-refractivity contribution < 1.29 is 14.3 Å². The van der Waals surface area contributed by atoms with Crippen LogP contribution in [0, 0.1) is 0 Å². The molecule has 0 spiro atoms. The summed E-state index contributed by atoms with van der Waals surface area (Å²) in [6.45, 7) is 5.78. The first kappa shape index (κ1) is 12.7. The minimum absolute atomic E-state index is 0.284. The summed E-state index contributed by atoms with van der Waals surface area (Å²) in [5, 5.41) is 0. The molecule has 18 heavy (non-hydrogen) atoms. The van der Waals surface area contributed by atoms with E-state index < -0.39 is 6.10 Å². The molecule has 0 fully saturated rings. The molecule has 0 radical (unpaired) electrons. The van der Waals surface area contributed by atoms with E-state index >= 15 is 0 Å². The van der Waals surface area contributed by atoms with Gasteiger partial charge in [-0.25, -0.2) is 4.79 Å². The molecule has 4 heteroatoms. The summed E-state index contributed by atoms with van der Waals surface area (Å²) in [6.07, 6.45) is 0.510. The third-order valence-corrected chi connectivity index (χ3v) is 2.90. The van der Waals surface area contributed by atoms with Gasteiger partial charge < -0.3 is 14.4 Å². The molecule has 1 aromatic carbocycles. The molecule has 0 amide bonds. The van der Waals surface area contributed by atoms with E-state index in [1.165, 1.54) is 0 Å². The van der Waals surface area contributed by atoms with Gasteiger partial charge in [-0.05, 0) is 25.5 Å². The summed E-state index contributed by atoms with van der Waals surface area (Å²) in [4.78, 5) is 14.0. The van der Waals surface area contributed by atoms with Gasteiger partial charge in [-0.15, -0.1) is 0 Å². The van der Waals surface area contributed by atoms with Crippen LogP contribution in [-0.4, -0.2) is 31.8 Å². The molecule has 1 atom stereocenters. The van der Waals surface area contributed by atoms with Crippen LogP contribution in [-0.2, 0) is 9.53 Å². The zero-order chi connectivity index (χ0) is 13.0. The molecule has 0 aromatic heterocycles. The van der Waals surface area contributed by atoms with Gasteiger partial charge in [0.05, 0.1) is 18.8 Å². The van der Waals surface area contributed by atoms with Crippen molar-refractivity contribution in [2.24, 2.45) is 0 Å². The average molecular weight is 249 g/mol. The van der Waals surface area contributed by atoms with Crippen LogP contribution in [0.4, 0.5) is 5.69 Å². The van der Waals surface area contributed by atoms with Crippen LogP contribution in [0.1, 0.15) is 20.3 Å². The lowest BCUT2D eigenvalue weighted by atomic mass is 10.2. The lowest BCUT2D eigenvalue weighted by Crippen LogP contribution is -2.45. The number of anilines is 1. The first-order valence-corrected chi connectivity index (χ1v) is 6.43. The number of hydrogen-bond donors (Lipinski definition) is 0. The second-order valence-electron chi connectivity index (χ2n) is 4.27. The molecule has 98 valence electrons. The zero-order valence-electron chi connectivity index (χ0n) is 10.9. The Morgan fingerprint density at radius 3 is 2.94 bits per heavy atom. The van der Waals surface area contributed by atoms with Crippen molar-refractivity contribution in [2.45, 2.75) is 26.4 Å². The number of ether oxygens (including phenoxy) is 2. The first-order valence-electron chi connectivity index (χ1n) is 6.43. The molecule has 0 saturated heterocycles. The Bertz CT molecular complexity index is 419. The molecule has 4 nitrogen and oxygen atoms in total. The molecule has 0 aliphatic carbocycles. The number of nitrogens with zero attached hydrogens (tertiary/aromatic N) is 1. The highest BCUT2D eigenvalue weighted by molar-refractivity contribution is 5.78. The number of carbonyl (C=O) groups excluding carboxylic acids is 1. The Morgan fingerprint density at radius 2 is 2.22 bits per heavy atom. The second-order valence-corrected chi connectivity index (χ2v) is 4.27. The molecule has 1 aliphatic rings. The van der Waals surface area contributed by atoms with Crippen molar-refractivity contribution in [3.05, 3.63) is 24.3 Å². The first-order chi connectivity index (χ1) is 8.76. The number of carbonyl (C=O) groups is 1. The van der Waals surface area contributed by atoms with E-state index in [4.69, 9.17) is 9.47 Å². The average Bonchev–Trinajstić information content (AvgIpc) is 2.39. The van der Waals surface area contributed by atoms with Gasteiger partial charge in [-0.2, -0.15) is 0 Å². The Kier molecular flexibility index (Phi) is 4.07. The van der Waals surface area contributed by atoms with E-state index in [1.807, 2.05) is 24.3 Å². The monoisotopic (exact) mass is 249 g/mol. The van der Waals surface area contributed by atoms with E-state index in [0.29, 0.717) is 13.2 Å². The van der Waals surface area contributed by atoms with E-state index in [2.05, 4.69) is 11.8 Å². The summed E-state index contributed by atoms with van der Waals surface area (Å²) in [6, 6.07) is 7.81. The highest BCUT2D eigenvalue weighted by Crippen LogP contribution is 2.33. The molecule has 1 aromatic rings. The summed E-state index contributed by atoms with van der Waals surface area (Å²) in [5.41, 5.74) is 1.06. The van der Waals surface area contributed by atoms with Crippen LogP contribution in [0.15, 0.2) is 24.3 Å². The van der Waals surface area contributed by atoms with Crippen molar-refractivity contribution in [2.75, 3.05) is 24.6 Å². The molecular formula is C14H19NO3. The third-order valence-electron chi connectivity index (χ3n) is 2.90. The van der Waals surface area contributed by atoms with E-state index in [0.717, 1.165) is 24.4 Å². The molecule has 0 saturated carbocycles. The van der Waals surface area contributed by atoms with Crippen molar-refractivity contribution in [1.82, 2.24) is 0 Å². The summed E-state index contributed by atoms with van der Waals surface area (Å²) in [7, 11) is 0. The highest BCUT2D eigenvalue weighted by Gasteiger charge is 2.31. The van der Waals surface area contributed by atoms with Gasteiger partial charge in [0.25, 0.3) is 0 Å². The third kappa shape index (κ3) is 2.58. The maximum Gasteiger partial charge on any atom is 0.349 e. The van der Waals surface area contributed by atoms with Crippen molar-refractivity contribution in [1.29, 1.82) is 0 Å². The second kappa shape index (κ2) is 5.76. The van der Waals surface area contributed by atoms with E-state index in [9.17, 15) is 4.79 Å². The van der Waals surface area contributed by atoms with Crippen LogP contribution in [0.3, 0.4) is 0 Å². The minimum Gasteiger partial charge on any atom is -0.475 e. The van der Waals surface area contributed by atoms with Crippen LogP contribution in [0.5, 0.6) is 5.75 Å². The summed E-state index contributed by atoms with van der Waals surface area (Å²) < 4.78 is 10.7. The van der Waals surface area contributed by atoms with Crippen molar-refractivity contribution >= 4 is 11.7 Å². The topological polar surface area (TPSA) is 38.8 Å². The molecule has 2 rings (SSSR count). The number of rotatable bonds is 4. The van der Waals surface area contributed by atoms with Gasteiger partial charge in [0, 0.05) is 6.54 Å². The lowest BCUT2D eigenvalue weighted by Gasteiger charge is -2.34. The molecule has 1 heterocycles. The smallest absolute Gasteiger partial charge is 0.349 e. The summed E-state index contributed by atoms with van der Waals surface area (Å²) >= 11 is 0. The van der Waals surface area contributed by atoms with Gasteiger partial charge in [-0.3, -0.25) is 0 Å². The lowest BCUT2D eigenvalue weighted by molar-refractivity contribution is -0.151. The van der Waals surface area contributed by atoms with E-state index in [-0.39, 0.29) is 5.97 Å². The number of para-hydroxylation sites is 2. The zero-order valence-corrected chi connectivity index (χ0v) is 10.9. The van der Waals surface area contributed by atoms with Crippen LogP contribution in [0.2, 0.25) is 0 Å². The Balaban J connectivity index is 2.20. The molecule has 0 N–H and O–H groups in total. The number of esters is 1. The molecular weight excluding hydrogens is 230 g/mol. The maximum atomic E-state index is 11.8. The van der Waals surface area contributed by atoms with Crippen LogP contribution < -0.4 is 9.64 Å². The summed E-state index contributed by atoms with van der Waals surface area (Å²) in [5.74, 6) is 0.475. The van der Waals surface area contributed by atoms with Gasteiger partial charge in [-0.1, -0.05) is 19.1 Å². The molecule has 1 aliphatic heterocycles. The quantitative estimate of drug-likeness (QED) is 0.767. The standard InChI is InChI=1S/C14H19NO3/c1-3-9-15-10-13(14(16)17-4-2)18-12-8-6-5-7-11(12)15/h5-8,13H,3-4,9-10H2,1-2H3/t13-/m0/s1. The Hall–Kier alpha value is -1.71. The van der Waals surface area contributed by atoms with Crippen molar-refractivity contribution in [3.63, 3.8) is 0 Å². The van der Waals surface area contributed by atoms with Crippen molar-refractivity contribution in [3.8, 4) is 5.75 Å². The predicted octanol–water partition coefficient (Wildman–Crippen LogP) is 2.23. The predicted molar refractivity (Wildman–Crippen MR) is 70.0 cm³/mol. The number of hydrogen-bond acceptors (Lipinski definition) is 4. The maximum absolute atomic E-state index is 11.8. The van der Waals surface area contributed by atoms with Crippen LogP contribution in [0.25, 0.3) is 0 Å². The normalized spacial score (nSPS) is 17.9. The molecule has 0 bridgehead atoms. The van der Waals surface area contributed by atoms with Gasteiger partial charge >= 0.3 is 5.97 Å². The van der Waals surface area contributed by atoms with Gasteiger partial charge in [0.2, 0.25) is 6.10 Å². The van der Waals surface area contributed by atoms with Crippen LogP contribution >= 0.6 is 0 Å². The van der Waals surface area contributed by atoms with Gasteiger partial charge in [0.15, 0.2) is 0 Å². The number of fused-ring (bicyclic) bond motifs is 1. The Morgan fingerprint density at radius 1 is 1.44 bits per heavy atom. The fourth-order valence-corrected chi connectivity index (χ4v) is 2.15. The largest absolute Gasteiger partial charge is 0.475 e.